The molecule has 1 fully saturated rings. The number of nitrogens with zero attached hydrogens (tertiary/aromatic N) is 2. The molecular formula is C19H31IN4O2. The largest absolute Gasteiger partial charge is 0.393 e. The second-order valence-corrected chi connectivity index (χ2v) is 6.73. The normalized spacial score (nSPS) is 19.6. The lowest BCUT2D eigenvalue weighted by Crippen LogP contribution is -2.41. The number of carbonyl (C=O) groups excluding carboxylic acids is 1. The van der Waals surface area contributed by atoms with E-state index < -0.39 is 0 Å². The number of benzene rings is 1. The first-order valence-electron chi connectivity index (χ1n) is 9.02. The van der Waals surface area contributed by atoms with Crippen molar-refractivity contribution in [3.05, 3.63) is 35.4 Å². The highest BCUT2D eigenvalue weighted by molar-refractivity contribution is 14.0. The molecule has 1 saturated carbocycles. The van der Waals surface area contributed by atoms with E-state index >= 15 is 0 Å². The molecule has 1 aliphatic carbocycles. The van der Waals surface area contributed by atoms with E-state index in [0.717, 1.165) is 43.9 Å². The first kappa shape index (κ1) is 22.7. The summed E-state index contributed by atoms with van der Waals surface area (Å²) < 4.78 is 0. The fourth-order valence-corrected chi connectivity index (χ4v) is 3.01. The highest BCUT2D eigenvalue weighted by atomic mass is 127. The zero-order valence-corrected chi connectivity index (χ0v) is 18.2. The van der Waals surface area contributed by atoms with Gasteiger partial charge in [0, 0.05) is 38.7 Å². The van der Waals surface area contributed by atoms with Gasteiger partial charge in [0.05, 0.1) is 12.6 Å². The van der Waals surface area contributed by atoms with Gasteiger partial charge in [-0.15, -0.1) is 24.0 Å². The van der Waals surface area contributed by atoms with E-state index in [0.29, 0.717) is 18.0 Å². The third kappa shape index (κ3) is 6.75. The summed E-state index contributed by atoms with van der Waals surface area (Å²) in [6.07, 6.45) is 2.86. The van der Waals surface area contributed by atoms with Gasteiger partial charge in [-0.3, -0.25) is 4.79 Å². The van der Waals surface area contributed by atoms with Gasteiger partial charge in [-0.25, -0.2) is 4.99 Å². The lowest BCUT2D eigenvalue weighted by molar-refractivity contribution is 0.0827. The molecule has 0 radical (unpaired) electrons. The van der Waals surface area contributed by atoms with Crippen LogP contribution in [0.5, 0.6) is 0 Å². The highest BCUT2D eigenvalue weighted by Gasteiger charge is 2.24. The van der Waals surface area contributed by atoms with Crippen molar-refractivity contribution in [2.24, 2.45) is 10.9 Å². The molecule has 2 rings (SSSR count). The maximum absolute atomic E-state index is 11.9. The van der Waals surface area contributed by atoms with E-state index in [1.165, 1.54) is 0 Å². The summed E-state index contributed by atoms with van der Waals surface area (Å²) in [6, 6.07) is 7.54. The highest BCUT2D eigenvalue weighted by Crippen LogP contribution is 2.24. The Labute approximate surface area is 173 Å². The lowest BCUT2D eigenvalue weighted by Gasteiger charge is -2.17. The number of nitrogens with one attached hydrogen (secondary N) is 2. The average Bonchev–Trinajstić information content (AvgIpc) is 3.02. The van der Waals surface area contributed by atoms with Gasteiger partial charge in [-0.2, -0.15) is 0 Å². The quantitative estimate of drug-likeness (QED) is 0.336. The van der Waals surface area contributed by atoms with Crippen LogP contribution in [0.3, 0.4) is 0 Å². The Morgan fingerprint density at radius 1 is 1.23 bits per heavy atom. The van der Waals surface area contributed by atoms with Crippen LogP contribution in [-0.2, 0) is 6.54 Å². The fourth-order valence-electron chi connectivity index (χ4n) is 3.01. The van der Waals surface area contributed by atoms with Gasteiger partial charge < -0.3 is 20.6 Å². The first-order chi connectivity index (χ1) is 12.0. The maximum Gasteiger partial charge on any atom is 0.253 e. The number of hydrogen-bond donors (Lipinski definition) is 3. The Balaban J connectivity index is 0.00000338. The summed E-state index contributed by atoms with van der Waals surface area (Å²) in [4.78, 5) is 18.1. The summed E-state index contributed by atoms with van der Waals surface area (Å²) in [5.41, 5.74) is 1.73. The Bertz CT molecular complexity index is 590. The smallest absolute Gasteiger partial charge is 0.253 e. The van der Waals surface area contributed by atoms with Crippen LogP contribution < -0.4 is 10.6 Å². The number of aliphatic hydroxyl groups is 1. The molecule has 0 bridgehead atoms. The lowest BCUT2D eigenvalue weighted by atomic mass is 10.1. The molecule has 0 aromatic heterocycles. The summed E-state index contributed by atoms with van der Waals surface area (Å²) >= 11 is 0. The molecule has 1 amide bonds. The first-order valence-corrected chi connectivity index (χ1v) is 9.02. The molecule has 6 nitrogen and oxygen atoms in total. The van der Waals surface area contributed by atoms with Crippen LogP contribution in [0.15, 0.2) is 29.3 Å². The molecule has 1 aromatic rings. The molecule has 0 spiro atoms. The van der Waals surface area contributed by atoms with Gasteiger partial charge in [-0.05, 0) is 37.5 Å². The van der Waals surface area contributed by atoms with Crippen molar-refractivity contribution < 1.29 is 9.90 Å². The number of carbonyl (C=O) groups is 1. The van der Waals surface area contributed by atoms with Crippen molar-refractivity contribution in [2.45, 2.75) is 38.8 Å². The monoisotopic (exact) mass is 474 g/mol. The van der Waals surface area contributed by atoms with Crippen molar-refractivity contribution in [2.75, 3.05) is 27.2 Å². The number of rotatable bonds is 6. The Morgan fingerprint density at radius 3 is 2.46 bits per heavy atom. The van der Waals surface area contributed by atoms with Crippen molar-refractivity contribution in [3.8, 4) is 0 Å². The Morgan fingerprint density at radius 2 is 1.92 bits per heavy atom. The van der Waals surface area contributed by atoms with E-state index in [-0.39, 0.29) is 36.0 Å². The van der Waals surface area contributed by atoms with Gasteiger partial charge in [0.25, 0.3) is 5.91 Å². The van der Waals surface area contributed by atoms with Crippen LogP contribution in [0.1, 0.15) is 42.1 Å². The fraction of sp³-hybridized carbons (Fsp3) is 0.579. The standard InChI is InChI=1S/C19H30N4O2.HI/c1-4-20-19(22-13-16-6-5-7-17(16)24)21-12-14-8-10-15(11-9-14)18(25)23(2)3;/h8-11,16-17,24H,4-7,12-13H2,1-3H3,(H2,20,21,22);1H. The van der Waals surface area contributed by atoms with Crippen LogP contribution in [0, 0.1) is 5.92 Å². The van der Waals surface area contributed by atoms with E-state index in [2.05, 4.69) is 15.6 Å². The van der Waals surface area contributed by atoms with Crippen molar-refractivity contribution >= 4 is 35.8 Å². The molecule has 3 N–H and O–H groups in total. The van der Waals surface area contributed by atoms with Crippen LogP contribution >= 0.6 is 24.0 Å². The van der Waals surface area contributed by atoms with Crippen molar-refractivity contribution in [1.82, 2.24) is 15.5 Å². The van der Waals surface area contributed by atoms with E-state index in [4.69, 9.17) is 0 Å². The van der Waals surface area contributed by atoms with Crippen LogP contribution in [0.25, 0.3) is 0 Å². The topological polar surface area (TPSA) is 77.0 Å². The maximum atomic E-state index is 11.9. The minimum Gasteiger partial charge on any atom is -0.393 e. The van der Waals surface area contributed by atoms with Crippen LogP contribution in [0.2, 0.25) is 0 Å². The summed E-state index contributed by atoms with van der Waals surface area (Å²) in [5.74, 6) is 1.07. The number of guanidine groups is 1. The number of aliphatic hydroxyl groups excluding tert-OH is 1. The van der Waals surface area contributed by atoms with Gasteiger partial charge in [0.15, 0.2) is 5.96 Å². The molecule has 2 atom stereocenters. The van der Waals surface area contributed by atoms with Crippen LogP contribution in [-0.4, -0.2) is 55.2 Å². The van der Waals surface area contributed by atoms with Gasteiger partial charge in [0.1, 0.15) is 0 Å². The van der Waals surface area contributed by atoms with Crippen molar-refractivity contribution in [1.29, 1.82) is 0 Å². The number of hydrogen-bond acceptors (Lipinski definition) is 3. The number of amides is 1. The third-order valence-corrected chi connectivity index (χ3v) is 4.52. The minimum atomic E-state index is -0.197. The molecule has 1 aliphatic rings. The van der Waals surface area contributed by atoms with Gasteiger partial charge >= 0.3 is 0 Å². The predicted octanol–water partition coefficient (Wildman–Crippen LogP) is 2.22. The SMILES string of the molecule is CCNC(=NCc1ccc(C(=O)N(C)C)cc1)NCC1CCCC1O.I. The summed E-state index contributed by atoms with van der Waals surface area (Å²) in [6.45, 7) is 4.10. The molecule has 2 unspecified atom stereocenters. The minimum absolute atomic E-state index is 0. The van der Waals surface area contributed by atoms with Crippen molar-refractivity contribution in [3.63, 3.8) is 0 Å². The molecule has 0 heterocycles. The summed E-state index contributed by atoms with van der Waals surface area (Å²) in [7, 11) is 3.49. The van der Waals surface area contributed by atoms with E-state index in [9.17, 15) is 9.90 Å². The average molecular weight is 474 g/mol. The Hall–Kier alpha value is -1.35. The zero-order valence-electron chi connectivity index (χ0n) is 15.9. The molecule has 1 aromatic carbocycles. The number of aliphatic imine (C=N–C) groups is 1. The Kier molecular flexibility index (Phi) is 9.93. The molecule has 146 valence electrons. The molecule has 7 heteroatoms. The third-order valence-electron chi connectivity index (χ3n) is 4.52. The second-order valence-electron chi connectivity index (χ2n) is 6.73. The molecular weight excluding hydrogens is 443 g/mol. The molecule has 0 aliphatic heterocycles. The second kappa shape index (κ2) is 11.4. The van der Waals surface area contributed by atoms with E-state index in [1.807, 2.05) is 31.2 Å². The predicted molar refractivity (Wildman–Crippen MR) is 116 cm³/mol. The van der Waals surface area contributed by atoms with Crippen LogP contribution in [0.4, 0.5) is 0 Å². The van der Waals surface area contributed by atoms with Gasteiger partial charge in [-0.1, -0.05) is 18.6 Å². The number of halogens is 1. The van der Waals surface area contributed by atoms with Gasteiger partial charge in [0.2, 0.25) is 0 Å². The summed E-state index contributed by atoms with van der Waals surface area (Å²) in [5, 5.41) is 16.5. The molecule has 26 heavy (non-hydrogen) atoms. The van der Waals surface area contributed by atoms with E-state index in [1.54, 1.807) is 19.0 Å². The zero-order chi connectivity index (χ0) is 18.2. The molecule has 0 saturated heterocycles.